The molecule has 0 saturated heterocycles. The molecule has 0 aliphatic heterocycles. The van der Waals surface area contributed by atoms with Crippen molar-refractivity contribution < 1.29 is 4.74 Å². The van der Waals surface area contributed by atoms with Gasteiger partial charge >= 0.3 is 0 Å². The number of H-pyrrole nitrogens is 1. The molecule has 0 amide bonds. The molecule has 1 aromatic carbocycles. The van der Waals surface area contributed by atoms with Crippen LogP contribution in [0.15, 0.2) is 18.3 Å². The average Bonchev–Trinajstić information content (AvgIpc) is 2.68. The highest BCUT2D eigenvalue weighted by atomic mass is 35.5. The summed E-state index contributed by atoms with van der Waals surface area (Å²) >= 11 is 5.77. The molecule has 16 heavy (non-hydrogen) atoms. The van der Waals surface area contributed by atoms with Crippen LogP contribution in [0.1, 0.15) is 11.1 Å². The molecule has 1 aromatic heterocycles. The van der Waals surface area contributed by atoms with Gasteiger partial charge in [0.2, 0.25) is 0 Å². The number of nitrogens with zero attached hydrogens (tertiary/aromatic N) is 1. The maximum absolute atomic E-state index is 5.77. The second-order valence-electron chi connectivity index (χ2n) is 3.72. The second-order valence-corrected chi connectivity index (χ2v) is 4.08. The van der Waals surface area contributed by atoms with Gasteiger partial charge in [-0.1, -0.05) is 0 Å². The van der Waals surface area contributed by atoms with Gasteiger partial charge in [0, 0.05) is 5.56 Å². The van der Waals surface area contributed by atoms with E-state index in [1.807, 2.05) is 6.07 Å². The van der Waals surface area contributed by atoms with Crippen molar-refractivity contribution in [2.75, 3.05) is 7.11 Å². The van der Waals surface area contributed by atoms with Crippen molar-refractivity contribution in [1.82, 2.24) is 9.97 Å². The molecular weight excluding hydrogens is 224 g/mol. The molecule has 1 N–H and O–H groups in total. The number of hydrogen-bond acceptors (Lipinski definition) is 2. The van der Waals surface area contributed by atoms with E-state index in [9.17, 15) is 0 Å². The Hall–Kier alpha value is -1.48. The van der Waals surface area contributed by atoms with Crippen molar-refractivity contribution in [3.63, 3.8) is 0 Å². The summed E-state index contributed by atoms with van der Waals surface area (Å²) in [4.78, 5) is 6.96. The Morgan fingerprint density at radius 2 is 1.94 bits per heavy atom. The predicted molar refractivity (Wildman–Crippen MR) is 65.1 cm³/mol. The minimum atomic E-state index is 0.385. The Morgan fingerprint density at radius 1 is 1.25 bits per heavy atom. The number of ether oxygens (including phenoxy) is 1. The topological polar surface area (TPSA) is 37.9 Å². The molecule has 0 spiro atoms. The van der Waals surface area contributed by atoms with Crippen molar-refractivity contribution in [3.05, 3.63) is 34.7 Å². The van der Waals surface area contributed by atoms with Crippen molar-refractivity contribution >= 4 is 11.6 Å². The highest BCUT2D eigenvalue weighted by molar-refractivity contribution is 6.28. The van der Waals surface area contributed by atoms with E-state index in [0.717, 1.165) is 17.0 Å². The van der Waals surface area contributed by atoms with E-state index in [4.69, 9.17) is 16.3 Å². The highest BCUT2D eigenvalue weighted by Gasteiger charge is 2.10. The summed E-state index contributed by atoms with van der Waals surface area (Å²) in [5.74, 6) is 0.823. The third-order valence-corrected chi connectivity index (χ3v) is 2.84. The first-order chi connectivity index (χ1) is 7.61. The number of halogens is 1. The molecule has 2 aromatic rings. The number of nitrogens with one attached hydrogen (secondary N) is 1. The molecule has 0 fully saturated rings. The molecule has 0 aliphatic rings. The Bertz CT molecular complexity index is 520. The van der Waals surface area contributed by atoms with E-state index in [1.54, 1.807) is 13.3 Å². The van der Waals surface area contributed by atoms with Crippen LogP contribution in [0.4, 0.5) is 0 Å². The number of rotatable bonds is 2. The Morgan fingerprint density at radius 3 is 2.50 bits per heavy atom. The zero-order chi connectivity index (χ0) is 11.7. The quantitative estimate of drug-likeness (QED) is 0.868. The fourth-order valence-corrected chi connectivity index (χ4v) is 1.75. The van der Waals surface area contributed by atoms with Gasteiger partial charge < -0.3 is 9.72 Å². The molecule has 0 saturated carbocycles. The number of aromatic amines is 1. The van der Waals surface area contributed by atoms with Crippen LogP contribution >= 0.6 is 11.6 Å². The summed E-state index contributed by atoms with van der Waals surface area (Å²) in [6, 6.07) is 4.08. The van der Waals surface area contributed by atoms with Crippen LogP contribution in [-0.4, -0.2) is 17.1 Å². The van der Waals surface area contributed by atoms with E-state index in [0.29, 0.717) is 5.28 Å². The summed E-state index contributed by atoms with van der Waals surface area (Å²) in [6.07, 6.45) is 1.70. The van der Waals surface area contributed by atoms with Crippen LogP contribution in [0.5, 0.6) is 5.75 Å². The van der Waals surface area contributed by atoms with E-state index in [1.165, 1.54) is 11.1 Å². The lowest BCUT2D eigenvalue weighted by Gasteiger charge is -2.10. The van der Waals surface area contributed by atoms with E-state index in [2.05, 4.69) is 29.9 Å². The summed E-state index contributed by atoms with van der Waals surface area (Å²) < 4.78 is 5.35. The molecule has 0 unspecified atom stereocenters. The number of benzene rings is 1. The Labute approximate surface area is 99.4 Å². The van der Waals surface area contributed by atoms with Crippen LogP contribution in [0.3, 0.4) is 0 Å². The first kappa shape index (κ1) is 11.0. The standard InChI is InChI=1S/C12H13ClN2O/c1-7-4-9(10-6-14-12(13)15-10)11(16-3)5-8(7)2/h4-6H,1-3H3,(H,14,15). The van der Waals surface area contributed by atoms with Crippen LogP contribution in [0.2, 0.25) is 5.28 Å². The third-order valence-electron chi connectivity index (χ3n) is 2.65. The molecule has 0 atom stereocenters. The predicted octanol–water partition coefficient (Wildman–Crippen LogP) is 3.36. The fraction of sp³-hybridized carbons (Fsp3) is 0.250. The van der Waals surface area contributed by atoms with Gasteiger partial charge in [0.15, 0.2) is 5.28 Å². The van der Waals surface area contributed by atoms with Crippen LogP contribution in [0.25, 0.3) is 11.3 Å². The molecule has 3 nitrogen and oxygen atoms in total. The van der Waals surface area contributed by atoms with Crippen molar-refractivity contribution in [2.45, 2.75) is 13.8 Å². The van der Waals surface area contributed by atoms with Crippen molar-refractivity contribution in [1.29, 1.82) is 0 Å². The van der Waals surface area contributed by atoms with Crippen LogP contribution < -0.4 is 4.74 Å². The van der Waals surface area contributed by atoms with Gasteiger partial charge in [0.1, 0.15) is 5.75 Å². The molecular formula is C12H13ClN2O. The zero-order valence-electron chi connectivity index (χ0n) is 9.47. The summed E-state index contributed by atoms with van der Waals surface area (Å²) in [5, 5.41) is 0.385. The first-order valence-corrected chi connectivity index (χ1v) is 5.35. The molecule has 2 rings (SSSR count). The Kier molecular flexibility index (Phi) is 2.88. The summed E-state index contributed by atoms with van der Waals surface area (Å²) in [5.41, 5.74) is 4.25. The zero-order valence-corrected chi connectivity index (χ0v) is 10.2. The number of imidazole rings is 1. The van der Waals surface area contributed by atoms with Crippen LogP contribution in [-0.2, 0) is 0 Å². The van der Waals surface area contributed by atoms with Gasteiger partial charge in [-0.25, -0.2) is 4.98 Å². The van der Waals surface area contributed by atoms with E-state index in [-0.39, 0.29) is 0 Å². The minimum Gasteiger partial charge on any atom is -0.496 e. The minimum absolute atomic E-state index is 0.385. The highest BCUT2D eigenvalue weighted by Crippen LogP contribution is 2.31. The third kappa shape index (κ3) is 1.91. The maximum Gasteiger partial charge on any atom is 0.200 e. The van der Waals surface area contributed by atoms with Gasteiger partial charge in [-0.2, -0.15) is 0 Å². The fourth-order valence-electron chi connectivity index (χ4n) is 1.60. The maximum atomic E-state index is 5.77. The van der Waals surface area contributed by atoms with Gasteiger partial charge in [0.25, 0.3) is 0 Å². The molecule has 84 valence electrons. The Balaban J connectivity index is 2.59. The number of hydrogen-bond donors (Lipinski definition) is 1. The monoisotopic (exact) mass is 236 g/mol. The first-order valence-electron chi connectivity index (χ1n) is 4.98. The van der Waals surface area contributed by atoms with E-state index < -0.39 is 0 Å². The molecule has 1 heterocycles. The molecule has 4 heteroatoms. The lowest BCUT2D eigenvalue weighted by Crippen LogP contribution is -1.91. The molecule has 0 radical (unpaired) electrons. The smallest absolute Gasteiger partial charge is 0.200 e. The van der Waals surface area contributed by atoms with Gasteiger partial charge in [0.05, 0.1) is 19.0 Å². The average molecular weight is 237 g/mol. The largest absolute Gasteiger partial charge is 0.496 e. The van der Waals surface area contributed by atoms with Crippen molar-refractivity contribution in [2.24, 2.45) is 0 Å². The second kappa shape index (κ2) is 4.18. The normalized spacial score (nSPS) is 10.5. The molecule has 0 bridgehead atoms. The van der Waals surface area contributed by atoms with Crippen LogP contribution in [0, 0.1) is 13.8 Å². The van der Waals surface area contributed by atoms with Gasteiger partial charge in [-0.05, 0) is 48.7 Å². The SMILES string of the molecule is COc1cc(C)c(C)cc1-c1cnc(Cl)[nH]1. The number of methoxy groups -OCH3 is 1. The lowest BCUT2D eigenvalue weighted by molar-refractivity contribution is 0.416. The summed E-state index contributed by atoms with van der Waals surface area (Å²) in [7, 11) is 1.66. The lowest BCUT2D eigenvalue weighted by atomic mass is 10.0. The van der Waals surface area contributed by atoms with Gasteiger partial charge in [-0.15, -0.1) is 0 Å². The number of aryl methyl sites for hydroxylation is 2. The molecule has 0 aliphatic carbocycles. The van der Waals surface area contributed by atoms with E-state index >= 15 is 0 Å². The number of aromatic nitrogens is 2. The van der Waals surface area contributed by atoms with Crippen molar-refractivity contribution in [3.8, 4) is 17.0 Å². The van der Waals surface area contributed by atoms with Gasteiger partial charge in [-0.3, -0.25) is 0 Å². The summed E-state index contributed by atoms with van der Waals surface area (Å²) in [6.45, 7) is 4.12.